The third kappa shape index (κ3) is 2.87. The fourth-order valence-electron chi connectivity index (χ4n) is 4.78. The zero-order valence-electron chi connectivity index (χ0n) is 18.0. The van der Waals surface area contributed by atoms with Crippen LogP contribution in [-0.2, 0) is 5.41 Å². The lowest BCUT2D eigenvalue weighted by Crippen LogP contribution is -2.23. The van der Waals surface area contributed by atoms with E-state index in [2.05, 4.69) is 41.9 Å². The number of halogens is 1. The SMILES string of the molecule is CN1/C(=C\C=Nc2cccc3c2C(=O)c2cccc(Cl)c2C3=O)C(C)(C)c2ccccc21. The first-order valence-corrected chi connectivity index (χ1v) is 10.8. The molecule has 0 fully saturated rings. The first-order chi connectivity index (χ1) is 15.3. The van der Waals surface area contributed by atoms with Crippen LogP contribution in [0, 0.1) is 0 Å². The van der Waals surface area contributed by atoms with Gasteiger partial charge in [0.25, 0.3) is 0 Å². The van der Waals surface area contributed by atoms with Crippen LogP contribution in [0.25, 0.3) is 0 Å². The summed E-state index contributed by atoms with van der Waals surface area (Å²) in [7, 11) is 2.04. The van der Waals surface area contributed by atoms with Crippen LogP contribution >= 0.6 is 11.6 Å². The summed E-state index contributed by atoms with van der Waals surface area (Å²) >= 11 is 6.23. The third-order valence-electron chi connectivity index (χ3n) is 6.39. The fraction of sp³-hybridized carbons (Fsp3) is 0.148. The fourth-order valence-corrected chi connectivity index (χ4v) is 5.04. The van der Waals surface area contributed by atoms with Crippen LogP contribution in [0.15, 0.2) is 77.4 Å². The van der Waals surface area contributed by atoms with Crippen molar-refractivity contribution < 1.29 is 9.59 Å². The molecular weight excluding hydrogens is 420 g/mol. The molecule has 0 saturated heterocycles. The van der Waals surface area contributed by atoms with Crippen molar-refractivity contribution in [1.29, 1.82) is 0 Å². The summed E-state index contributed by atoms with van der Waals surface area (Å²) < 4.78 is 0. The maximum Gasteiger partial charge on any atom is 0.196 e. The van der Waals surface area contributed by atoms with E-state index in [-0.39, 0.29) is 27.6 Å². The van der Waals surface area contributed by atoms with Gasteiger partial charge in [-0.05, 0) is 29.8 Å². The number of hydrogen-bond donors (Lipinski definition) is 0. The topological polar surface area (TPSA) is 49.7 Å². The van der Waals surface area contributed by atoms with E-state index in [9.17, 15) is 9.59 Å². The molecular formula is C27H21ClN2O2. The molecule has 3 aromatic rings. The highest BCUT2D eigenvalue weighted by atomic mass is 35.5. The van der Waals surface area contributed by atoms with Crippen LogP contribution in [0.1, 0.15) is 51.3 Å². The number of ketones is 2. The molecule has 0 radical (unpaired) electrons. The van der Waals surface area contributed by atoms with Crippen molar-refractivity contribution in [2.24, 2.45) is 4.99 Å². The number of benzene rings is 3. The molecule has 1 heterocycles. The largest absolute Gasteiger partial charge is 0.347 e. The molecule has 5 rings (SSSR count). The Morgan fingerprint density at radius 3 is 2.28 bits per heavy atom. The van der Waals surface area contributed by atoms with E-state index in [1.807, 2.05) is 19.2 Å². The van der Waals surface area contributed by atoms with Gasteiger partial charge in [-0.25, -0.2) is 0 Å². The lowest BCUT2D eigenvalue weighted by atomic mass is 9.83. The Labute approximate surface area is 191 Å². The number of likely N-dealkylation sites (N-methyl/N-ethyl adjacent to an activating group) is 1. The van der Waals surface area contributed by atoms with Gasteiger partial charge >= 0.3 is 0 Å². The summed E-state index contributed by atoms with van der Waals surface area (Å²) in [5.41, 5.74) is 5.08. The molecule has 0 bridgehead atoms. The maximum atomic E-state index is 13.2. The van der Waals surface area contributed by atoms with Crippen molar-refractivity contribution in [3.8, 4) is 0 Å². The zero-order chi connectivity index (χ0) is 22.6. The molecule has 0 aromatic heterocycles. The van der Waals surface area contributed by atoms with Crippen LogP contribution in [0.4, 0.5) is 11.4 Å². The minimum Gasteiger partial charge on any atom is -0.347 e. The van der Waals surface area contributed by atoms with Crippen molar-refractivity contribution in [2.75, 3.05) is 11.9 Å². The number of para-hydroxylation sites is 1. The molecule has 32 heavy (non-hydrogen) atoms. The monoisotopic (exact) mass is 440 g/mol. The highest BCUT2D eigenvalue weighted by Crippen LogP contribution is 2.46. The van der Waals surface area contributed by atoms with Crippen molar-refractivity contribution >= 4 is 40.8 Å². The molecule has 0 N–H and O–H groups in total. The van der Waals surface area contributed by atoms with E-state index in [0.717, 1.165) is 5.70 Å². The Kier molecular flexibility index (Phi) is 4.64. The van der Waals surface area contributed by atoms with Crippen LogP contribution in [0.3, 0.4) is 0 Å². The van der Waals surface area contributed by atoms with Crippen LogP contribution in [-0.4, -0.2) is 24.8 Å². The molecule has 3 aromatic carbocycles. The minimum atomic E-state index is -0.247. The Hall–Kier alpha value is -3.50. The Bertz CT molecular complexity index is 1370. The highest BCUT2D eigenvalue weighted by Gasteiger charge is 2.38. The van der Waals surface area contributed by atoms with E-state index in [1.165, 1.54) is 11.3 Å². The average Bonchev–Trinajstić information content (AvgIpc) is 2.98. The molecule has 4 nitrogen and oxygen atoms in total. The lowest BCUT2D eigenvalue weighted by molar-refractivity contribution is 0.0979. The molecule has 0 amide bonds. The van der Waals surface area contributed by atoms with Gasteiger partial charge in [0.15, 0.2) is 11.6 Å². The Morgan fingerprint density at radius 1 is 0.875 bits per heavy atom. The van der Waals surface area contributed by atoms with Gasteiger partial charge in [-0.3, -0.25) is 14.6 Å². The number of allylic oxidation sites excluding steroid dienone is 2. The lowest BCUT2D eigenvalue weighted by Gasteiger charge is -2.23. The average molecular weight is 441 g/mol. The standard InChI is InChI=1S/C27H21ClN2O2/c1-27(2)18-10-4-5-13-21(18)30(3)22(27)14-15-29-20-12-7-9-17-24(20)26(32)16-8-6-11-19(28)23(16)25(17)31/h4-15H,1-3H3/b22-14-,29-15?. The van der Waals surface area contributed by atoms with Gasteiger partial charge in [-0.1, -0.05) is 67.9 Å². The van der Waals surface area contributed by atoms with E-state index in [1.54, 1.807) is 42.6 Å². The van der Waals surface area contributed by atoms with Gasteiger partial charge in [-0.15, -0.1) is 0 Å². The summed E-state index contributed by atoms with van der Waals surface area (Å²) in [6.45, 7) is 4.37. The molecule has 158 valence electrons. The summed E-state index contributed by atoms with van der Waals surface area (Å²) in [6, 6.07) is 18.4. The number of nitrogens with zero attached hydrogens (tertiary/aromatic N) is 2. The second kappa shape index (κ2) is 7.28. The number of carbonyl (C=O) groups excluding carboxylic acids is 2. The zero-order valence-corrected chi connectivity index (χ0v) is 18.8. The van der Waals surface area contributed by atoms with Crippen molar-refractivity contribution in [1.82, 2.24) is 0 Å². The van der Waals surface area contributed by atoms with Crippen molar-refractivity contribution in [3.63, 3.8) is 0 Å². The second-order valence-corrected chi connectivity index (χ2v) is 8.96. The van der Waals surface area contributed by atoms with E-state index in [0.29, 0.717) is 22.4 Å². The molecule has 0 saturated carbocycles. The number of rotatable bonds is 2. The number of hydrogen-bond acceptors (Lipinski definition) is 4. The first kappa shape index (κ1) is 20.4. The molecule has 0 spiro atoms. The molecule has 0 unspecified atom stereocenters. The highest BCUT2D eigenvalue weighted by molar-refractivity contribution is 6.39. The van der Waals surface area contributed by atoms with Gasteiger partial charge in [0.1, 0.15) is 0 Å². The number of aliphatic imine (C=N–C) groups is 1. The molecule has 5 heteroatoms. The number of anilines is 1. The summed E-state index contributed by atoms with van der Waals surface area (Å²) in [4.78, 5) is 33.1. The van der Waals surface area contributed by atoms with Crippen LogP contribution < -0.4 is 4.90 Å². The van der Waals surface area contributed by atoms with E-state index >= 15 is 0 Å². The quantitative estimate of drug-likeness (QED) is 0.352. The van der Waals surface area contributed by atoms with Gasteiger partial charge in [0, 0.05) is 41.2 Å². The minimum absolute atomic E-state index is 0.172. The third-order valence-corrected chi connectivity index (χ3v) is 6.70. The second-order valence-electron chi connectivity index (χ2n) is 8.55. The summed E-state index contributed by atoms with van der Waals surface area (Å²) in [6.07, 6.45) is 3.68. The molecule has 0 atom stereocenters. The van der Waals surface area contributed by atoms with Gasteiger partial charge < -0.3 is 4.90 Å². The first-order valence-electron chi connectivity index (χ1n) is 10.4. The smallest absolute Gasteiger partial charge is 0.196 e. The van der Waals surface area contributed by atoms with E-state index < -0.39 is 0 Å². The summed E-state index contributed by atoms with van der Waals surface area (Å²) in [5.74, 6) is -0.481. The van der Waals surface area contributed by atoms with Crippen molar-refractivity contribution in [2.45, 2.75) is 19.3 Å². The Balaban J connectivity index is 1.55. The van der Waals surface area contributed by atoms with Gasteiger partial charge in [0.2, 0.25) is 0 Å². The molecule has 1 aliphatic carbocycles. The normalized spacial score (nSPS) is 17.6. The van der Waals surface area contributed by atoms with Crippen LogP contribution in [0.2, 0.25) is 5.02 Å². The van der Waals surface area contributed by atoms with Crippen LogP contribution in [0.5, 0.6) is 0 Å². The maximum absolute atomic E-state index is 13.2. The van der Waals surface area contributed by atoms with Crippen molar-refractivity contribution in [3.05, 3.63) is 105 Å². The number of carbonyl (C=O) groups is 2. The summed E-state index contributed by atoms with van der Waals surface area (Å²) in [5, 5.41) is 0.288. The molecule has 1 aliphatic heterocycles. The van der Waals surface area contributed by atoms with Gasteiger partial charge in [-0.2, -0.15) is 0 Å². The predicted octanol–water partition coefficient (Wildman–Crippen LogP) is 6.13. The van der Waals surface area contributed by atoms with E-state index in [4.69, 9.17) is 11.6 Å². The number of fused-ring (bicyclic) bond motifs is 3. The Morgan fingerprint density at radius 2 is 1.53 bits per heavy atom. The predicted molar refractivity (Wildman–Crippen MR) is 129 cm³/mol. The van der Waals surface area contributed by atoms with Gasteiger partial charge in [0.05, 0.1) is 21.8 Å². The molecule has 2 aliphatic rings.